The molecule has 0 aliphatic carbocycles. The molecule has 1 saturated heterocycles. The van der Waals surface area contributed by atoms with Crippen LogP contribution in [-0.2, 0) is 27.8 Å². The molecule has 0 radical (unpaired) electrons. The Kier molecular flexibility index (Phi) is 5.72. The first kappa shape index (κ1) is 20.1. The number of rotatable bonds is 5. The molecule has 154 valence electrons. The Bertz CT molecular complexity index is 984. The van der Waals surface area contributed by atoms with E-state index in [4.69, 9.17) is 0 Å². The number of benzene rings is 2. The van der Waals surface area contributed by atoms with E-state index in [0.29, 0.717) is 13.0 Å². The van der Waals surface area contributed by atoms with Crippen molar-refractivity contribution in [2.45, 2.75) is 43.7 Å². The Hall–Kier alpha value is -2.22. The van der Waals surface area contributed by atoms with Crippen molar-refractivity contribution >= 4 is 21.6 Å². The smallest absolute Gasteiger partial charge is 0.240 e. The van der Waals surface area contributed by atoms with E-state index in [-0.39, 0.29) is 16.8 Å². The van der Waals surface area contributed by atoms with Gasteiger partial charge in [0.05, 0.1) is 4.90 Å². The van der Waals surface area contributed by atoms with E-state index in [1.165, 1.54) is 12.5 Å². The van der Waals surface area contributed by atoms with E-state index in [9.17, 15) is 13.2 Å². The second-order valence-electron chi connectivity index (χ2n) is 7.87. The Labute approximate surface area is 172 Å². The van der Waals surface area contributed by atoms with Gasteiger partial charge in [-0.3, -0.25) is 9.69 Å². The van der Waals surface area contributed by atoms with Crippen molar-refractivity contribution in [3.05, 3.63) is 59.7 Å². The minimum atomic E-state index is -3.57. The van der Waals surface area contributed by atoms with Crippen LogP contribution in [-0.4, -0.2) is 44.9 Å². The molecule has 0 atom stereocenters. The zero-order valence-electron chi connectivity index (χ0n) is 16.7. The second kappa shape index (κ2) is 8.26. The molecule has 0 spiro atoms. The molecule has 0 saturated carbocycles. The average molecular weight is 414 g/mol. The summed E-state index contributed by atoms with van der Waals surface area (Å²) in [6.07, 6.45) is 2.29. The summed E-state index contributed by atoms with van der Waals surface area (Å²) < 4.78 is 28.7. The Morgan fingerprint density at radius 1 is 1.07 bits per heavy atom. The molecule has 2 aliphatic heterocycles. The number of anilines is 1. The van der Waals surface area contributed by atoms with Crippen LogP contribution in [0.3, 0.4) is 0 Å². The number of fused-ring (bicyclic) bond motifs is 1. The summed E-state index contributed by atoms with van der Waals surface area (Å²) in [6, 6.07) is 15.4. The number of hydrogen-bond donors (Lipinski definition) is 1. The van der Waals surface area contributed by atoms with Crippen molar-refractivity contribution in [2.75, 3.05) is 24.5 Å². The third-order valence-corrected chi connectivity index (χ3v) is 7.31. The van der Waals surface area contributed by atoms with Crippen molar-refractivity contribution in [2.24, 2.45) is 0 Å². The molecule has 0 aromatic heterocycles. The van der Waals surface area contributed by atoms with Gasteiger partial charge in [0, 0.05) is 44.8 Å². The topological polar surface area (TPSA) is 69.7 Å². The molecule has 6 nitrogen and oxygen atoms in total. The normalized spacial score (nSPS) is 18.0. The zero-order valence-corrected chi connectivity index (χ0v) is 17.5. The summed E-state index contributed by atoms with van der Waals surface area (Å²) in [4.78, 5) is 16.0. The lowest BCUT2D eigenvalue weighted by molar-refractivity contribution is -0.116. The molecule has 4 rings (SSSR count). The molecular formula is C22H27N3O3S. The number of carbonyl (C=O) groups is 1. The zero-order chi connectivity index (χ0) is 20.4. The number of amides is 1. The van der Waals surface area contributed by atoms with Gasteiger partial charge in [0.2, 0.25) is 15.9 Å². The highest BCUT2D eigenvalue weighted by atomic mass is 32.2. The largest absolute Gasteiger partial charge is 0.312 e. The SMILES string of the molecule is CC(=O)N1CCc2cc(S(=O)(=O)NC3CCN(Cc4ccccc4)CC3)ccc21. The monoisotopic (exact) mass is 413 g/mol. The van der Waals surface area contributed by atoms with Crippen LogP contribution in [0.4, 0.5) is 5.69 Å². The third kappa shape index (κ3) is 4.52. The predicted octanol–water partition coefficient (Wildman–Crippen LogP) is 2.54. The Balaban J connectivity index is 1.37. The molecule has 1 N–H and O–H groups in total. The Morgan fingerprint density at radius 2 is 1.79 bits per heavy atom. The summed E-state index contributed by atoms with van der Waals surface area (Å²) in [5.41, 5.74) is 3.02. The molecular weight excluding hydrogens is 386 g/mol. The van der Waals surface area contributed by atoms with Crippen LogP contribution in [0, 0.1) is 0 Å². The molecule has 7 heteroatoms. The highest BCUT2D eigenvalue weighted by Gasteiger charge is 2.27. The minimum absolute atomic E-state index is 0.0141. The van der Waals surface area contributed by atoms with Crippen LogP contribution in [0.15, 0.2) is 53.4 Å². The van der Waals surface area contributed by atoms with Crippen LogP contribution in [0.1, 0.15) is 30.9 Å². The summed E-state index contributed by atoms with van der Waals surface area (Å²) in [5, 5.41) is 0. The second-order valence-corrected chi connectivity index (χ2v) is 9.58. The fourth-order valence-corrected chi connectivity index (χ4v) is 5.57. The van der Waals surface area contributed by atoms with Gasteiger partial charge in [-0.1, -0.05) is 30.3 Å². The summed E-state index contributed by atoms with van der Waals surface area (Å²) >= 11 is 0. The molecule has 2 aliphatic rings. The predicted molar refractivity (Wildman–Crippen MR) is 113 cm³/mol. The fourth-order valence-electron chi connectivity index (χ4n) is 4.21. The first-order chi connectivity index (χ1) is 13.9. The van der Waals surface area contributed by atoms with Gasteiger partial charge in [-0.2, -0.15) is 0 Å². The minimum Gasteiger partial charge on any atom is -0.312 e. The van der Waals surface area contributed by atoms with Crippen molar-refractivity contribution in [1.29, 1.82) is 0 Å². The average Bonchev–Trinajstić information content (AvgIpc) is 3.14. The lowest BCUT2D eigenvalue weighted by Crippen LogP contribution is -2.44. The maximum atomic E-state index is 12.9. The van der Waals surface area contributed by atoms with Gasteiger partial charge in [-0.25, -0.2) is 13.1 Å². The number of nitrogens with one attached hydrogen (secondary N) is 1. The standard InChI is InChI=1S/C22H27N3O3S/c1-17(26)25-14-9-19-15-21(7-8-22(19)25)29(27,28)23-20-10-12-24(13-11-20)16-18-5-3-2-4-6-18/h2-8,15,20,23H,9-14,16H2,1H3. The van der Waals surface area contributed by atoms with Gasteiger partial charge >= 0.3 is 0 Å². The van der Waals surface area contributed by atoms with Gasteiger partial charge in [0.15, 0.2) is 0 Å². The summed E-state index contributed by atoms with van der Waals surface area (Å²) in [6.45, 7) is 4.80. The van der Waals surface area contributed by atoms with Crippen LogP contribution in [0.25, 0.3) is 0 Å². The maximum Gasteiger partial charge on any atom is 0.240 e. The third-order valence-electron chi connectivity index (χ3n) is 5.80. The lowest BCUT2D eigenvalue weighted by atomic mass is 10.1. The molecule has 0 bridgehead atoms. The van der Waals surface area contributed by atoms with Gasteiger partial charge in [0.1, 0.15) is 0 Å². The number of sulfonamides is 1. The van der Waals surface area contributed by atoms with Crippen molar-refractivity contribution in [3.63, 3.8) is 0 Å². The molecule has 2 heterocycles. The highest BCUT2D eigenvalue weighted by molar-refractivity contribution is 7.89. The van der Waals surface area contributed by atoms with E-state index < -0.39 is 10.0 Å². The van der Waals surface area contributed by atoms with E-state index in [0.717, 1.165) is 43.7 Å². The van der Waals surface area contributed by atoms with Gasteiger partial charge in [-0.05, 0) is 48.6 Å². The first-order valence-electron chi connectivity index (χ1n) is 10.1. The molecule has 29 heavy (non-hydrogen) atoms. The molecule has 2 aromatic carbocycles. The fraction of sp³-hybridized carbons (Fsp3) is 0.409. The van der Waals surface area contributed by atoms with E-state index in [1.54, 1.807) is 23.1 Å². The first-order valence-corrected chi connectivity index (χ1v) is 11.6. The van der Waals surface area contributed by atoms with Crippen LogP contribution >= 0.6 is 0 Å². The van der Waals surface area contributed by atoms with Gasteiger partial charge < -0.3 is 4.90 Å². The molecule has 2 aromatic rings. The molecule has 0 unspecified atom stereocenters. The van der Waals surface area contributed by atoms with Crippen LogP contribution < -0.4 is 9.62 Å². The number of piperidine rings is 1. The number of likely N-dealkylation sites (tertiary alicyclic amines) is 1. The summed E-state index contributed by atoms with van der Waals surface area (Å²) in [7, 11) is -3.57. The quantitative estimate of drug-likeness (QED) is 0.818. The van der Waals surface area contributed by atoms with Crippen LogP contribution in [0.2, 0.25) is 0 Å². The van der Waals surface area contributed by atoms with Crippen molar-refractivity contribution < 1.29 is 13.2 Å². The van der Waals surface area contributed by atoms with E-state index in [1.807, 2.05) is 18.2 Å². The van der Waals surface area contributed by atoms with E-state index >= 15 is 0 Å². The summed E-state index contributed by atoms with van der Waals surface area (Å²) in [5.74, 6) is -0.0141. The van der Waals surface area contributed by atoms with Crippen LogP contribution in [0.5, 0.6) is 0 Å². The number of nitrogens with zero attached hydrogens (tertiary/aromatic N) is 2. The Morgan fingerprint density at radius 3 is 2.48 bits per heavy atom. The number of hydrogen-bond acceptors (Lipinski definition) is 4. The highest BCUT2D eigenvalue weighted by Crippen LogP contribution is 2.30. The number of carbonyl (C=O) groups excluding carboxylic acids is 1. The van der Waals surface area contributed by atoms with Gasteiger partial charge in [-0.15, -0.1) is 0 Å². The lowest BCUT2D eigenvalue weighted by Gasteiger charge is -2.32. The van der Waals surface area contributed by atoms with Crippen molar-refractivity contribution in [3.8, 4) is 0 Å². The van der Waals surface area contributed by atoms with Crippen molar-refractivity contribution in [1.82, 2.24) is 9.62 Å². The molecule has 1 fully saturated rings. The van der Waals surface area contributed by atoms with E-state index in [2.05, 4.69) is 21.8 Å². The maximum absolute atomic E-state index is 12.9. The molecule has 1 amide bonds. The van der Waals surface area contributed by atoms with Gasteiger partial charge in [0.25, 0.3) is 0 Å².